The fourth-order valence-electron chi connectivity index (χ4n) is 2.49. The molecule has 1 aliphatic rings. The summed E-state index contributed by atoms with van der Waals surface area (Å²) in [5.41, 5.74) is 6.12. The Kier molecular flexibility index (Phi) is 5.14. The van der Waals surface area contributed by atoms with Crippen LogP contribution in [0.4, 0.5) is 4.39 Å². The fourth-order valence-corrected chi connectivity index (χ4v) is 2.49. The van der Waals surface area contributed by atoms with Crippen molar-refractivity contribution in [2.24, 2.45) is 5.73 Å². The topological polar surface area (TPSA) is 58.8 Å². The Bertz CT molecular complexity index is 502. The summed E-state index contributed by atoms with van der Waals surface area (Å²) in [6, 6.07) is 4.54. The predicted octanol–water partition coefficient (Wildman–Crippen LogP) is 0.939. The average molecular weight is 295 g/mol. The number of methoxy groups -OCH3 is 1. The Balaban J connectivity index is 2.02. The highest BCUT2D eigenvalue weighted by Crippen LogP contribution is 2.20. The van der Waals surface area contributed by atoms with Crippen LogP contribution in [0, 0.1) is 5.82 Å². The van der Waals surface area contributed by atoms with Crippen molar-refractivity contribution in [1.82, 2.24) is 9.80 Å². The van der Waals surface area contributed by atoms with E-state index in [1.54, 1.807) is 4.90 Å². The number of amides is 1. The van der Waals surface area contributed by atoms with E-state index in [1.165, 1.54) is 25.3 Å². The molecule has 1 aromatic carbocycles. The SMILES string of the molecule is COc1cc(C(=O)N2CCN(C(C)CN)CC2)ccc1F. The number of nitrogens with zero attached hydrogens (tertiary/aromatic N) is 2. The third kappa shape index (κ3) is 3.51. The highest BCUT2D eigenvalue weighted by molar-refractivity contribution is 5.94. The van der Waals surface area contributed by atoms with E-state index in [-0.39, 0.29) is 11.7 Å². The summed E-state index contributed by atoms with van der Waals surface area (Å²) < 4.78 is 18.3. The van der Waals surface area contributed by atoms with E-state index < -0.39 is 5.82 Å². The highest BCUT2D eigenvalue weighted by atomic mass is 19.1. The van der Waals surface area contributed by atoms with Crippen molar-refractivity contribution in [1.29, 1.82) is 0 Å². The number of rotatable bonds is 4. The summed E-state index contributed by atoms with van der Waals surface area (Å²) in [5.74, 6) is -0.458. The third-order valence-corrected chi connectivity index (χ3v) is 3.96. The van der Waals surface area contributed by atoms with Gasteiger partial charge in [0.05, 0.1) is 7.11 Å². The van der Waals surface area contributed by atoms with Crippen LogP contribution in [0.2, 0.25) is 0 Å². The summed E-state index contributed by atoms with van der Waals surface area (Å²) in [4.78, 5) is 16.5. The third-order valence-electron chi connectivity index (χ3n) is 3.96. The van der Waals surface area contributed by atoms with Crippen LogP contribution in [0.25, 0.3) is 0 Å². The molecule has 1 aromatic rings. The molecule has 2 rings (SSSR count). The van der Waals surface area contributed by atoms with Gasteiger partial charge in [-0.05, 0) is 25.1 Å². The van der Waals surface area contributed by atoms with Crippen LogP contribution in [-0.4, -0.2) is 61.6 Å². The highest BCUT2D eigenvalue weighted by Gasteiger charge is 2.24. The Morgan fingerprint density at radius 2 is 2.05 bits per heavy atom. The molecule has 2 N–H and O–H groups in total. The summed E-state index contributed by atoms with van der Waals surface area (Å²) in [7, 11) is 1.39. The van der Waals surface area contributed by atoms with Gasteiger partial charge in [0, 0.05) is 44.3 Å². The predicted molar refractivity (Wildman–Crippen MR) is 78.9 cm³/mol. The van der Waals surface area contributed by atoms with E-state index in [9.17, 15) is 9.18 Å². The average Bonchev–Trinajstić information content (AvgIpc) is 2.54. The molecule has 1 amide bonds. The van der Waals surface area contributed by atoms with Gasteiger partial charge in [-0.15, -0.1) is 0 Å². The van der Waals surface area contributed by atoms with Gasteiger partial charge in [-0.1, -0.05) is 0 Å². The molecule has 0 aromatic heterocycles. The van der Waals surface area contributed by atoms with Crippen LogP contribution in [0.3, 0.4) is 0 Å². The second kappa shape index (κ2) is 6.87. The van der Waals surface area contributed by atoms with Crippen molar-refractivity contribution in [2.75, 3.05) is 39.8 Å². The molecular weight excluding hydrogens is 273 g/mol. The van der Waals surface area contributed by atoms with Gasteiger partial charge < -0.3 is 15.4 Å². The van der Waals surface area contributed by atoms with Crippen LogP contribution in [-0.2, 0) is 0 Å². The minimum atomic E-state index is -0.462. The second-order valence-electron chi connectivity index (χ2n) is 5.26. The summed E-state index contributed by atoms with van der Waals surface area (Å²) >= 11 is 0. The quantitative estimate of drug-likeness (QED) is 0.898. The van der Waals surface area contributed by atoms with Gasteiger partial charge in [-0.3, -0.25) is 9.69 Å². The summed E-state index contributed by atoms with van der Waals surface area (Å²) in [6.45, 7) is 5.63. The lowest BCUT2D eigenvalue weighted by molar-refractivity contribution is 0.0588. The molecule has 1 unspecified atom stereocenters. The molecule has 1 saturated heterocycles. The number of hydrogen-bond acceptors (Lipinski definition) is 4. The number of ether oxygens (including phenoxy) is 1. The van der Waals surface area contributed by atoms with Gasteiger partial charge >= 0.3 is 0 Å². The van der Waals surface area contributed by atoms with Gasteiger partial charge in [0.2, 0.25) is 0 Å². The van der Waals surface area contributed by atoms with Crippen LogP contribution in [0.15, 0.2) is 18.2 Å². The normalized spacial score (nSPS) is 17.6. The molecule has 21 heavy (non-hydrogen) atoms. The molecule has 116 valence electrons. The summed E-state index contributed by atoms with van der Waals surface area (Å²) in [5, 5.41) is 0. The van der Waals surface area contributed by atoms with Gasteiger partial charge in [0.1, 0.15) is 0 Å². The minimum absolute atomic E-state index is 0.0895. The number of carbonyl (C=O) groups is 1. The molecule has 1 aliphatic heterocycles. The molecular formula is C15H22FN3O2. The molecule has 0 spiro atoms. The molecule has 0 radical (unpaired) electrons. The Morgan fingerprint density at radius 1 is 1.38 bits per heavy atom. The van der Waals surface area contributed by atoms with E-state index in [0.717, 1.165) is 13.1 Å². The number of carbonyl (C=O) groups excluding carboxylic acids is 1. The van der Waals surface area contributed by atoms with E-state index >= 15 is 0 Å². The van der Waals surface area contributed by atoms with Crippen molar-refractivity contribution in [3.8, 4) is 5.75 Å². The van der Waals surface area contributed by atoms with Crippen molar-refractivity contribution >= 4 is 5.91 Å². The van der Waals surface area contributed by atoms with E-state index in [0.29, 0.717) is 31.2 Å². The van der Waals surface area contributed by atoms with Crippen LogP contribution < -0.4 is 10.5 Å². The van der Waals surface area contributed by atoms with Crippen LogP contribution in [0.1, 0.15) is 17.3 Å². The lowest BCUT2D eigenvalue weighted by Gasteiger charge is -2.37. The van der Waals surface area contributed by atoms with Crippen molar-refractivity contribution in [3.05, 3.63) is 29.6 Å². The molecule has 1 atom stereocenters. The van der Waals surface area contributed by atoms with Crippen molar-refractivity contribution in [3.63, 3.8) is 0 Å². The second-order valence-corrected chi connectivity index (χ2v) is 5.26. The molecule has 0 aliphatic carbocycles. The van der Waals surface area contributed by atoms with E-state index in [4.69, 9.17) is 10.5 Å². The summed E-state index contributed by atoms with van der Waals surface area (Å²) in [6.07, 6.45) is 0. The molecule has 0 bridgehead atoms. The standard InChI is InChI=1S/C15H22FN3O2/c1-11(10-17)18-5-7-19(8-6-18)15(20)12-3-4-13(16)14(9-12)21-2/h3-4,9,11H,5-8,10,17H2,1-2H3. The molecule has 1 fully saturated rings. The number of hydrogen-bond donors (Lipinski definition) is 1. The van der Waals surface area contributed by atoms with Gasteiger partial charge in [0.15, 0.2) is 11.6 Å². The van der Waals surface area contributed by atoms with Gasteiger partial charge in [0.25, 0.3) is 5.91 Å². The first-order valence-corrected chi connectivity index (χ1v) is 7.13. The zero-order valence-electron chi connectivity index (χ0n) is 12.5. The maximum absolute atomic E-state index is 13.4. The zero-order valence-corrected chi connectivity index (χ0v) is 12.5. The molecule has 5 nitrogen and oxygen atoms in total. The number of piperazine rings is 1. The first kappa shape index (κ1) is 15.7. The first-order chi connectivity index (χ1) is 10.1. The van der Waals surface area contributed by atoms with Crippen molar-refractivity contribution in [2.45, 2.75) is 13.0 Å². The van der Waals surface area contributed by atoms with E-state index in [2.05, 4.69) is 11.8 Å². The van der Waals surface area contributed by atoms with Crippen LogP contribution >= 0.6 is 0 Å². The number of benzene rings is 1. The lowest BCUT2D eigenvalue weighted by Crippen LogP contribution is -2.52. The fraction of sp³-hybridized carbons (Fsp3) is 0.533. The van der Waals surface area contributed by atoms with E-state index in [1.807, 2.05) is 0 Å². The monoisotopic (exact) mass is 295 g/mol. The largest absolute Gasteiger partial charge is 0.494 e. The Morgan fingerprint density at radius 3 is 2.62 bits per heavy atom. The Hall–Kier alpha value is -1.66. The van der Waals surface area contributed by atoms with Gasteiger partial charge in [-0.2, -0.15) is 0 Å². The molecule has 1 heterocycles. The maximum atomic E-state index is 13.4. The molecule has 0 saturated carbocycles. The zero-order chi connectivity index (χ0) is 15.4. The Labute approximate surface area is 124 Å². The van der Waals surface area contributed by atoms with Crippen LogP contribution in [0.5, 0.6) is 5.75 Å². The number of halogens is 1. The molecule has 6 heteroatoms. The first-order valence-electron chi connectivity index (χ1n) is 7.13. The van der Waals surface area contributed by atoms with Crippen molar-refractivity contribution < 1.29 is 13.9 Å². The van der Waals surface area contributed by atoms with Gasteiger partial charge in [-0.25, -0.2) is 4.39 Å². The maximum Gasteiger partial charge on any atom is 0.254 e. The lowest BCUT2D eigenvalue weighted by atomic mass is 10.1. The smallest absolute Gasteiger partial charge is 0.254 e. The number of nitrogens with two attached hydrogens (primary N) is 1. The minimum Gasteiger partial charge on any atom is -0.494 e.